The maximum atomic E-state index is 11.9. The van der Waals surface area contributed by atoms with Crippen LogP contribution in [0.1, 0.15) is 23.1 Å². The number of rotatable bonds is 5. The van der Waals surface area contributed by atoms with E-state index in [9.17, 15) is 9.59 Å². The molecule has 0 radical (unpaired) electrons. The molecule has 1 aliphatic rings. The molecular formula is C21H25N3O2. The van der Waals surface area contributed by atoms with Gasteiger partial charge in [0.15, 0.2) is 0 Å². The lowest BCUT2D eigenvalue weighted by atomic mass is 10.00. The number of nitrogens with zero attached hydrogens (tertiary/aromatic N) is 1. The Bertz CT molecular complexity index is 771. The smallest absolute Gasteiger partial charge is 0.313 e. The van der Waals surface area contributed by atoms with Gasteiger partial charge in [-0.15, -0.1) is 0 Å². The number of hydrogen-bond donors (Lipinski definition) is 2. The van der Waals surface area contributed by atoms with Crippen molar-refractivity contribution < 1.29 is 9.59 Å². The summed E-state index contributed by atoms with van der Waals surface area (Å²) in [5.41, 5.74) is 4.56. The molecule has 136 valence electrons. The van der Waals surface area contributed by atoms with E-state index < -0.39 is 11.8 Å². The van der Waals surface area contributed by atoms with Crippen LogP contribution >= 0.6 is 0 Å². The van der Waals surface area contributed by atoms with Gasteiger partial charge in [0.2, 0.25) is 0 Å². The van der Waals surface area contributed by atoms with Crippen molar-refractivity contribution >= 4 is 17.5 Å². The molecule has 2 amide bonds. The number of hydrogen-bond acceptors (Lipinski definition) is 3. The third-order valence-electron chi connectivity index (χ3n) is 4.66. The first kappa shape index (κ1) is 18.1. The number of carbonyl (C=O) groups is 2. The molecule has 2 aromatic rings. The van der Waals surface area contributed by atoms with Gasteiger partial charge in [0.05, 0.1) is 0 Å². The van der Waals surface area contributed by atoms with Crippen molar-refractivity contribution in [2.75, 3.05) is 25.0 Å². The highest BCUT2D eigenvalue weighted by Gasteiger charge is 2.16. The fraction of sp³-hybridized carbons (Fsp3) is 0.333. The van der Waals surface area contributed by atoms with E-state index in [0.717, 1.165) is 38.0 Å². The summed E-state index contributed by atoms with van der Waals surface area (Å²) in [6.07, 6.45) is 1.90. The predicted molar refractivity (Wildman–Crippen MR) is 103 cm³/mol. The SMILES string of the molecule is Cc1ccc(NC(=O)C(=O)NCCCN2CCc3ccccc3C2)cc1. The molecule has 1 aliphatic heterocycles. The van der Waals surface area contributed by atoms with Crippen LogP contribution in [0.5, 0.6) is 0 Å². The Kier molecular flexibility index (Phi) is 6.02. The molecule has 5 nitrogen and oxygen atoms in total. The summed E-state index contributed by atoms with van der Waals surface area (Å²) in [4.78, 5) is 26.2. The first-order chi connectivity index (χ1) is 12.6. The molecule has 5 heteroatoms. The van der Waals surface area contributed by atoms with Crippen LogP contribution in [0.4, 0.5) is 5.69 Å². The zero-order chi connectivity index (χ0) is 18.4. The van der Waals surface area contributed by atoms with E-state index in [2.05, 4.69) is 39.8 Å². The Hall–Kier alpha value is -2.66. The quantitative estimate of drug-likeness (QED) is 0.643. The Balaban J connectivity index is 1.36. The predicted octanol–water partition coefficient (Wildman–Crippen LogP) is 2.50. The highest BCUT2D eigenvalue weighted by Crippen LogP contribution is 2.18. The van der Waals surface area contributed by atoms with Crippen molar-refractivity contribution in [1.82, 2.24) is 10.2 Å². The van der Waals surface area contributed by atoms with Gasteiger partial charge in [-0.05, 0) is 43.0 Å². The summed E-state index contributed by atoms with van der Waals surface area (Å²) >= 11 is 0. The van der Waals surface area contributed by atoms with Crippen molar-refractivity contribution in [3.05, 3.63) is 65.2 Å². The normalized spacial score (nSPS) is 13.7. The summed E-state index contributed by atoms with van der Waals surface area (Å²) in [5.74, 6) is -1.21. The summed E-state index contributed by atoms with van der Waals surface area (Å²) in [7, 11) is 0. The fourth-order valence-electron chi connectivity index (χ4n) is 3.15. The number of amides is 2. The average molecular weight is 351 g/mol. The number of fused-ring (bicyclic) bond motifs is 1. The van der Waals surface area contributed by atoms with E-state index in [1.807, 2.05) is 19.1 Å². The molecule has 1 heterocycles. The van der Waals surface area contributed by atoms with E-state index >= 15 is 0 Å². The van der Waals surface area contributed by atoms with Crippen LogP contribution in [0.3, 0.4) is 0 Å². The van der Waals surface area contributed by atoms with Crippen molar-refractivity contribution in [3.63, 3.8) is 0 Å². The summed E-state index contributed by atoms with van der Waals surface area (Å²) in [6.45, 7) is 5.38. The zero-order valence-corrected chi connectivity index (χ0v) is 15.1. The lowest BCUT2D eigenvalue weighted by Crippen LogP contribution is -2.37. The molecule has 2 aromatic carbocycles. The van der Waals surface area contributed by atoms with E-state index in [1.165, 1.54) is 11.1 Å². The second-order valence-corrected chi connectivity index (χ2v) is 6.72. The molecular weight excluding hydrogens is 326 g/mol. The van der Waals surface area contributed by atoms with Crippen LogP contribution in [0.25, 0.3) is 0 Å². The highest BCUT2D eigenvalue weighted by molar-refractivity contribution is 6.39. The van der Waals surface area contributed by atoms with Gasteiger partial charge in [0.25, 0.3) is 0 Å². The lowest BCUT2D eigenvalue weighted by Gasteiger charge is -2.28. The second kappa shape index (κ2) is 8.63. The molecule has 0 saturated carbocycles. The monoisotopic (exact) mass is 351 g/mol. The standard InChI is InChI=1S/C21H25N3O2/c1-16-7-9-19(10-8-16)23-21(26)20(25)22-12-4-13-24-14-11-17-5-2-3-6-18(17)15-24/h2-3,5-10H,4,11-15H2,1H3,(H,22,25)(H,23,26). The van der Waals surface area contributed by atoms with Crippen LogP contribution in [0.2, 0.25) is 0 Å². The molecule has 0 bridgehead atoms. The Morgan fingerprint density at radius 3 is 2.50 bits per heavy atom. The molecule has 26 heavy (non-hydrogen) atoms. The largest absolute Gasteiger partial charge is 0.348 e. The number of benzene rings is 2. The van der Waals surface area contributed by atoms with Crippen molar-refractivity contribution in [1.29, 1.82) is 0 Å². The fourth-order valence-corrected chi connectivity index (χ4v) is 3.15. The van der Waals surface area contributed by atoms with E-state index in [1.54, 1.807) is 12.1 Å². The van der Waals surface area contributed by atoms with Gasteiger partial charge in [-0.3, -0.25) is 14.5 Å². The van der Waals surface area contributed by atoms with Gasteiger partial charge >= 0.3 is 11.8 Å². The summed E-state index contributed by atoms with van der Waals surface area (Å²) < 4.78 is 0. The maximum Gasteiger partial charge on any atom is 0.313 e. The minimum atomic E-state index is -0.624. The number of anilines is 1. The first-order valence-corrected chi connectivity index (χ1v) is 9.07. The molecule has 0 saturated heterocycles. The first-order valence-electron chi connectivity index (χ1n) is 9.07. The third-order valence-corrected chi connectivity index (χ3v) is 4.66. The molecule has 2 N–H and O–H groups in total. The summed E-state index contributed by atoms with van der Waals surface area (Å²) in [6, 6.07) is 15.9. The number of nitrogens with one attached hydrogen (secondary N) is 2. The topological polar surface area (TPSA) is 61.4 Å². The third kappa shape index (κ3) is 4.92. The van der Waals surface area contributed by atoms with Gasteiger partial charge in [-0.2, -0.15) is 0 Å². The van der Waals surface area contributed by atoms with E-state index in [0.29, 0.717) is 12.2 Å². The second-order valence-electron chi connectivity index (χ2n) is 6.72. The molecule has 3 rings (SSSR count). The highest BCUT2D eigenvalue weighted by atomic mass is 16.2. The molecule has 0 atom stereocenters. The maximum absolute atomic E-state index is 11.9. The lowest BCUT2D eigenvalue weighted by molar-refractivity contribution is -0.136. The van der Waals surface area contributed by atoms with Gasteiger partial charge < -0.3 is 10.6 Å². The molecule has 0 spiro atoms. The number of carbonyl (C=O) groups excluding carboxylic acids is 2. The van der Waals surface area contributed by atoms with Gasteiger partial charge in [0, 0.05) is 31.9 Å². The van der Waals surface area contributed by atoms with Crippen LogP contribution in [-0.4, -0.2) is 36.3 Å². The Morgan fingerprint density at radius 2 is 1.73 bits per heavy atom. The summed E-state index contributed by atoms with van der Waals surface area (Å²) in [5, 5.41) is 5.30. The van der Waals surface area contributed by atoms with Crippen LogP contribution in [-0.2, 0) is 22.6 Å². The zero-order valence-electron chi connectivity index (χ0n) is 15.1. The Labute approximate surface area is 154 Å². The van der Waals surface area contributed by atoms with Gasteiger partial charge in [-0.1, -0.05) is 42.0 Å². The van der Waals surface area contributed by atoms with E-state index in [4.69, 9.17) is 0 Å². The Morgan fingerprint density at radius 1 is 1.00 bits per heavy atom. The molecule has 0 aromatic heterocycles. The molecule has 0 fully saturated rings. The molecule has 0 unspecified atom stereocenters. The van der Waals surface area contributed by atoms with Crippen LogP contribution < -0.4 is 10.6 Å². The van der Waals surface area contributed by atoms with Crippen molar-refractivity contribution in [3.8, 4) is 0 Å². The minimum absolute atomic E-state index is 0.498. The van der Waals surface area contributed by atoms with Crippen molar-refractivity contribution in [2.45, 2.75) is 26.3 Å². The number of aryl methyl sites for hydroxylation is 1. The van der Waals surface area contributed by atoms with Crippen molar-refractivity contribution in [2.24, 2.45) is 0 Å². The minimum Gasteiger partial charge on any atom is -0.348 e. The van der Waals surface area contributed by atoms with Gasteiger partial charge in [-0.25, -0.2) is 0 Å². The van der Waals surface area contributed by atoms with Crippen LogP contribution in [0, 0.1) is 6.92 Å². The van der Waals surface area contributed by atoms with E-state index in [-0.39, 0.29) is 0 Å². The van der Waals surface area contributed by atoms with Gasteiger partial charge in [0.1, 0.15) is 0 Å². The van der Waals surface area contributed by atoms with Crippen LogP contribution in [0.15, 0.2) is 48.5 Å². The molecule has 0 aliphatic carbocycles. The average Bonchev–Trinajstić information content (AvgIpc) is 2.66.